The number of hydrogen-bond acceptors (Lipinski definition) is 3. The van der Waals surface area contributed by atoms with Crippen molar-refractivity contribution in [3.05, 3.63) is 200 Å². The van der Waals surface area contributed by atoms with Gasteiger partial charge >= 0.3 is 0 Å². The van der Waals surface area contributed by atoms with Crippen molar-refractivity contribution >= 4 is 55.3 Å². The van der Waals surface area contributed by atoms with Crippen LogP contribution in [0.15, 0.2) is 199 Å². The maximum absolute atomic E-state index is 6.79. The SMILES string of the molecule is C1=CC(c2ccc(N(c3ccc(-c4ccccc4)cc3)c3ccc(-c4cc5ccccc5c5c4oc4cccc(-c6cccnc6)c45)cc3)cc2)=CCC1. The van der Waals surface area contributed by atoms with E-state index in [0.717, 1.165) is 74.1 Å². The normalized spacial score (nSPS) is 12.7. The molecule has 0 N–H and O–H groups in total. The molecule has 0 saturated carbocycles. The van der Waals surface area contributed by atoms with Crippen LogP contribution in [0.4, 0.5) is 17.1 Å². The minimum Gasteiger partial charge on any atom is -0.455 e. The molecule has 0 spiro atoms. The number of anilines is 3. The Balaban J connectivity index is 1.10. The molecule has 7 aromatic carbocycles. The lowest BCUT2D eigenvalue weighted by Gasteiger charge is -2.26. The van der Waals surface area contributed by atoms with Crippen LogP contribution in [0.5, 0.6) is 0 Å². The van der Waals surface area contributed by atoms with E-state index in [2.05, 4.69) is 186 Å². The molecule has 2 aromatic heterocycles. The first-order chi connectivity index (χ1) is 26.8. The molecule has 0 fully saturated rings. The van der Waals surface area contributed by atoms with Gasteiger partial charge < -0.3 is 9.32 Å². The fourth-order valence-corrected chi connectivity index (χ4v) is 7.95. The van der Waals surface area contributed by atoms with Gasteiger partial charge in [-0.25, -0.2) is 0 Å². The number of aromatic nitrogens is 1. The van der Waals surface area contributed by atoms with Gasteiger partial charge in [0.1, 0.15) is 11.2 Å². The van der Waals surface area contributed by atoms with E-state index in [9.17, 15) is 0 Å². The first-order valence-corrected chi connectivity index (χ1v) is 18.6. The molecule has 0 bridgehead atoms. The molecule has 9 aromatic rings. The van der Waals surface area contributed by atoms with Crippen molar-refractivity contribution in [1.82, 2.24) is 4.98 Å². The highest BCUT2D eigenvalue weighted by molar-refractivity contribution is 6.25. The fourth-order valence-electron chi connectivity index (χ4n) is 7.95. The second kappa shape index (κ2) is 13.5. The van der Waals surface area contributed by atoms with Crippen LogP contribution in [0.25, 0.3) is 71.7 Å². The van der Waals surface area contributed by atoms with E-state index in [-0.39, 0.29) is 0 Å². The van der Waals surface area contributed by atoms with Crippen LogP contribution in [-0.2, 0) is 0 Å². The maximum Gasteiger partial charge on any atom is 0.143 e. The van der Waals surface area contributed by atoms with Crippen LogP contribution in [0, 0.1) is 0 Å². The summed E-state index contributed by atoms with van der Waals surface area (Å²) in [5.41, 5.74) is 14.3. The first-order valence-electron chi connectivity index (χ1n) is 18.6. The summed E-state index contributed by atoms with van der Waals surface area (Å²) in [6.07, 6.45) is 12.8. The van der Waals surface area contributed by atoms with E-state index in [0.29, 0.717) is 0 Å². The van der Waals surface area contributed by atoms with E-state index in [4.69, 9.17) is 4.42 Å². The standard InChI is InChI=1S/C51H36N2O/c1-3-11-35(12-4-1)37-20-26-42(27-21-37)53(43-28-22-38(23-29-43)36-13-5-2-6-14-36)44-30-24-39(25-31-44)47-33-40-15-7-8-17-45(40)50-49-46(41-16-10-32-52-34-41)18-9-19-48(49)54-51(47)50/h1,3-5,7-34H,2,6H2. The van der Waals surface area contributed by atoms with E-state index < -0.39 is 0 Å². The van der Waals surface area contributed by atoms with Crippen molar-refractivity contribution in [2.24, 2.45) is 0 Å². The monoisotopic (exact) mass is 692 g/mol. The fraction of sp³-hybridized carbons (Fsp3) is 0.0392. The third-order valence-corrected chi connectivity index (χ3v) is 10.6. The highest BCUT2D eigenvalue weighted by atomic mass is 16.3. The van der Waals surface area contributed by atoms with Gasteiger partial charge in [0.2, 0.25) is 0 Å². The number of hydrogen-bond donors (Lipinski definition) is 0. The van der Waals surface area contributed by atoms with Crippen molar-refractivity contribution in [3.63, 3.8) is 0 Å². The minimum atomic E-state index is 0.869. The Labute approximate surface area is 314 Å². The molecule has 0 unspecified atom stereocenters. The van der Waals surface area contributed by atoms with Gasteiger partial charge in [0.25, 0.3) is 0 Å². The summed E-state index contributed by atoms with van der Waals surface area (Å²) in [5, 5.41) is 4.60. The highest BCUT2D eigenvalue weighted by Crippen LogP contribution is 2.45. The number of fused-ring (bicyclic) bond motifs is 5. The molecule has 0 radical (unpaired) electrons. The zero-order valence-electron chi connectivity index (χ0n) is 29.7. The molecule has 256 valence electrons. The molecule has 10 rings (SSSR count). The minimum absolute atomic E-state index is 0.869. The summed E-state index contributed by atoms with van der Waals surface area (Å²) in [4.78, 5) is 6.77. The molecule has 0 saturated heterocycles. The second-order valence-electron chi connectivity index (χ2n) is 13.9. The Kier molecular flexibility index (Phi) is 7.96. The van der Waals surface area contributed by atoms with E-state index >= 15 is 0 Å². The van der Waals surface area contributed by atoms with Crippen LogP contribution in [0.1, 0.15) is 18.4 Å². The zero-order valence-corrected chi connectivity index (χ0v) is 29.7. The van der Waals surface area contributed by atoms with Crippen LogP contribution < -0.4 is 4.90 Å². The van der Waals surface area contributed by atoms with Crippen molar-refractivity contribution in [2.45, 2.75) is 12.8 Å². The van der Waals surface area contributed by atoms with Gasteiger partial charge in [-0.2, -0.15) is 0 Å². The van der Waals surface area contributed by atoms with E-state index in [1.807, 2.05) is 18.5 Å². The quantitative estimate of drug-likeness (QED) is 0.166. The van der Waals surface area contributed by atoms with E-state index in [1.165, 1.54) is 33.0 Å². The average molecular weight is 693 g/mol. The summed E-state index contributed by atoms with van der Waals surface area (Å²) >= 11 is 0. The molecular weight excluding hydrogens is 657 g/mol. The predicted octanol–water partition coefficient (Wildman–Crippen LogP) is 14.3. The lowest BCUT2D eigenvalue weighted by Crippen LogP contribution is -2.10. The molecule has 54 heavy (non-hydrogen) atoms. The molecular formula is C51H36N2O. The van der Waals surface area contributed by atoms with Crippen molar-refractivity contribution < 1.29 is 4.42 Å². The van der Waals surface area contributed by atoms with Crippen LogP contribution in [0.2, 0.25) is 0 Å². The van der Waals surface area contributed by atoms with Gasteiger partial charge in [-0.05, 0) is 112 Å². The number of pyridine rings is 1. The lowest BCUT2D eigenvalue weighted by atomic mass is 9.93. The predicted molar refractivity (Wildman–Crippen MR) is 226 cm³/mol. The van der Waals surface area contributed by atoms with Crippen molar-refractivity contribution in [3.8, 4) is 33.4 Å². The number of allylic oxidation sites excluding steroid dienone is 4. The van der Waals surface area contributed by atoms with Gasteiger partial charge in [-0.3, -0.25) is 4.98 Å². The number of nitrogens with zero attached hydrogens (tertiary/aromatic N) is 2. The van der Waals surface area contributed by atoms with Gasteiger partial charge in [0.05, 0.1) is 0 Å². The Morgan fingerprint density at radius 1 is 0.500 bits per heavy atom. The third kappa shape index (κ3) is 5.67. The summed E-state index contributed by atoms with van der Waals surface area (Å²) in [5.74, 6) is 0. The van der Waals surface area contributed by atoms with Gasteiger partial charge in [-0.1, -0.05) is 127 Å². The Morgan fingerprint density at radius 2 is 1.17 bits per heavy atom. The molecule has 0 amide bonds. The molecule has 1 aliphatic rings. The summed E-state index contributed by atoms with van der Waals surface area (Å²) in [7, 11) is 0. The highest BCUT2D eigenvalue weighted by Gasteiger charge is 2.20. The Hall–Kier alpha value is -6.97. The number of furan rings is 1. The van der Waals surface area contributed by atoms with Gasteiger partial charge in [-0.15, -0.1) is 0 Å². The molecule has 3 heteroatoms. The molecule has 0 atom stereocenters. The van der Waals surface area contributed by atoms with Crippen molar-refractivity contribution in [1.29, 1.82) is 0 Å². The molecule has 3 nitrogen and oxygen atoms in total. The van der Waals surface area contributed by atoms with Gasteiger partial charge in [0, 0.05) is 51.4 Å². The zero-order chi connectivity index (χ0) is 35.8. The van der Waals surface area contributed by atoms with Crippen LogP contribution >= 0.6 is 0 Å². The topological polar surface area (TPSA) is 29.3 Å². The van der Waals surface area contributed by atoms with E-state index in [1.54, 1.807) is 0 Å². The smallest absolute Gasteiger partial charge is 0.143 e. The number of benzene rings is 7. The Morgan fingerprint density at radius 3 is 1.87 bits per heavy atom. The summed E-state index contributed by atoms with van der Waals surface area (Å²) < 4.78 is 6.79. The van der Waals surface area contributed by atoms with Gasteiger partial charge in [0.15, 0.2) is 0 Å². The van der Waals surface area contributed by atoms with Crippen LogP contribution in [0.3, 0.4) is 0 Å². The second-order valence-corrected chi connectivity index (χ2v) is 13.9. The molecule has 0 aliphatic heterocycles. The third-order valence-electron chi connectivity index (χ3n) is 10.6. The van der Waals surface area contributed by atoms with Crippen molar-refractivity contribution in [2.75, 3.05) is 4.90 Å². The first kappa shape index (κ1) is 31.7. The summed E-state index contributed by atoms with van der Waals surface area (Å²) in [6.45, 7) is 0. The Bertz CT molecular complexity index is 2830. The average Bonchev–Trinajstić information content (AvgIpc) is 3.66. The van der Waals surface area contributed by atoms with Crippen LogP contribution in [-0.4, -0.2) is 4.98 Å². The lowest BCUT2D eigenvalue weighted by molar-refractivity contribution is 0.670. The molecule has 2 heterocycles. The number of rotatable bonds is 7. The largest absolute Gasteiger partial charge is 0.455 e. The molecule has 1 aliphatic carbocycles. The summed E-state index contributed by atoms with van der Waals surface area (Å²) in [6, 6.07) is 58.6. The maximum atomic E-state index is 6.79.